The zero-order valence-electron chi connectivity index (χ0n) is 13.4. The van der Waals surface area contributed by atoms with Crippen molar-refractivity contribution in [1.29, 1.82) is 0 Å². The SMILES string of the molecule is C[C@@]1(O)C(O)C(CO)OC1n1cnc2c(N3CCCC3)ncnc21. The lowest BCUT2D eigenvalue weighted by atomic mass is 9.96. The Bertz CT molecular complexity index is 743. The van der Waals surface area contributed by atoms with Crippen LogP contribution in [0.4, 0.5) is 5.82 Å². The third-order valence-electron chi connectivity index (χ3n) is 4.93. The van der Waals surface area contributed by atoms with Crippen molar-refractivity contribution < 1.29 is 20.1 Å². The number of hydrogen-bond acceptors (Lipinski definition) is 8. The van der Waals surface area contributed by atoms with Crippen LogP contribution in [0.2, 0.25) is 0 Å². The summed E-state index contributed by atoms with van der Waals surface area (Å²) in [5.74, 6) is 0.771. The highest BCUT2D eigenvalue weighted by molar-refractivity contribution is 5.83. The number of ether oxygens (including phenoxy) is 1. The second kappa shape index (κ2) is 5.62. The minimum Gasteiger partial charge on any atom is -0.394 e. The van der Waals surface area contributed by atoms with Crippen LogP contribution in [-0.4, -0.2) is 72.3 Å². The van der Waals surface area contributed by atoms with Crippen LogP contribution in [0.3, 0.4) is 0 Å². The van der Waals surface area contributed by atoms with E-state index in [4.69, 9.17) is 4.74 Å². The molecule has 9 nitrogen and oxygen atoms in total. The Hall–Kier alpha value is -1.81. The monoisotopic (exact) mass is 335 g/mol. The van der Waals surface area contributed by atoms with Gasteiger partial charge in [-0.3, -0.25) is 4.57 Å². The average molecular weight is 335 g/mol. The quantitative estimate of drug-likeness (QED) is 0.683. The van der Waals surface area contributed by atoms with E-state index in [0.29, 0.717) is 11.2 Å². The van der Waals surface area contributed by atoms with E-state index in [9.17, 15) is 15.3 Å². The summed E-state index contributed by atoms with van der Waals surface area (Å²) < 4.78 is 7.25. The minimum atomic E-state index is -1.57. The normalized spacial score (nSPS) is 33.7. The van der Waals surface area contributed by atoms with Gasteiger partial charge in [0, 0.05) is 13.1 Å². The zero-order valence-corrected chi connectivity index (χ0v) is 13.4. The molecule has 4 atom stereocenters. The van der Waals surface area contributed by atoms with Gasteiger partial charge in [0.2, 0.25) is 0 Å². The largest absolute Gasteiger partial charge is 0.394 e. The Kier molecular flexibility index (Phi) is 3.68. The van der Waals surface area contributed by atoms with Crippen molar-refractivity contribution in [1.82, 2.24) is 19.5 Å². The lowest BCUT2D eigenvalue weighted by Gasteiger charge is -2.27. The van der Waals surface area contributed by atoms with Crippen LogP contribution in [-0.2, 0) is 4.74 Å². The van der Waals surface area contributed by atoms with Crippen molar-refractivity contribution in [3.63, 3.8) is 0 Å². The summed E-state index contributed by atoms with van der Waals surface area (Å²) >= 11 is 0. The first-order valence-electron chi connectivity index (χ1n) is 8.13. The van der Waals surface area contributed by atoms with Gasteiger partial charge >= 0.3 is 0 Å². The summed E-state index contributed by atoms with van der Waals surface area (Å²) in [6.45, 7) is 2.96. The number of aliphatic hydroxyl groups is 3. The molecule has 9 heteroatoms. The summed E-state index contributed by atoms with van der Waals surface area (Å²) in [5.41, 5.74) is -0.400. The van der Waals surface area contributed by atoms with E-state index in [2.05, 4.69) is 19.9 Å². The Morgan fingerprint density at radius 2 is 2.04 bits per heavy atom. The van der Waals surface area contributed by atoms with Crippen LogP contribution in [0.1, 0.15) is 26.0 Å². The Morgan fingerprint density at radius 1 is 1.29 bits per heavy atom. The molecule has 0 radical (unpaired) electrons. The van der Waals surface area contributed by atoms with E-state index in [-0.39, 0.29) is 6.61 Å². The third-order valence-corrected chi connectivity index (χ3v) is 4.93. The standard InChI is InChI=1S/C15H21N5O4/c1-15(23)11(22)9(6-21)24-14(15)20-8-18-10-12(16-7-17-13(10)20)19-4-2-3-5-19/h7-9,11,14,21-23H,2-6H2,1H3/t9?,11?,14?,15-/m1/s1. The highest BCUT2D eigenvalue weighted by Crippen LogP contribution is 2.39. The van der Waals surface area contributed by atoms with E-state index in [1.165, 1.54) is 19.6 Å². The lowest BCUT2D eigenvalue weighted by Crippen LogP contribution is -2.44. The molecule has 2 aliphatic rings. The predicted octanol–water partition coefficient (Wildman–Crippen LogP) is -0.572. The van der Waals surface area contributed by atoms with E-state index in [1.54, 1.807) is 4.57 Å². The van der Waals surface area contributed by atoms with Crippen molar-refractivity contribution in [2.24, 2.45) is 0 Å². The second-order valence-electron chi connectivity index (χ2n) is 6.60. The number of aromatic nitrogens is 4. The number of fused-ring (bicyclic) bond motifs is 1. The highest BCUT2D eigenvalue weighted by Gasteiger charge is 2.53. The predicted molar refractivity (Wildman–Crippen MR) is 84.4 cm³/mol. The van der Waals surface area contributed by atoms with Gasteiger partial charge in [-0.25, -0.2) is 15.0 Å². The molecule has 2 aromatic rings. The molecule has 130 valence electrons. The first-order valence-corrected chi connectivity index (χ1v) is 8.13. The van der Waals surface area contributed by atoms with Crippen molar-refractivity contribution in [2.45, 2.75) is 43.8 Å². The Labute approximate surface area is 138 Å². The first kappa shape index (κ1) is 15.7. The molecule has 2 aromatic heterocycles. The maximum atomic E-state index is 10.6. The molecule has 4 rings (SSSR count). The average Bonchev–Trinajstić information content (AvgIpc) is 3.28. The number of hydrogen-bond donors (Lipinski definition) is 3. The molecule has 0 bridgehead atoms. The molecule has 4 heterocycles. The molecule has 2 saturated heterocycles. The van der Waals surface area contributed by atoms with Gasteiger partial charge in [-0.1, -0.05) is 0 Å². The van der Waals surface area contributed by atoms with Gasteiger partial charge in [0.25, 0.3) is 0 Å². The zero-order chi connectivity index (χ0) is 16.9. The number of aliphatic hydroxyl groups excluding tert-OH is 2. The number of nitrogens with zero attached hydrogens (tertiary/aromatic N) is 5. The van der Waals surface area contributed by atoms with E-state index in [1.807, 2.05) is 0 Å². The second-order valence-corrected chi connectivity index (χ2v) is 6.60. The number of imidazole rings is 1. The van der Waals surface area contributed by atoms with Gasteiger partial charge in [-0.05, 0) is 19.8 Å². The molecule has 0 spiro atoms. The summed E-state index contributed by atoms with van der Waals surface area (Å²) in [6.07, 6.45) is 2.29. The van der Waals surface area contributed by atoms with Crippen molar-refractivity contribution in [3.8, 4) is 0 Å². The smallest absolute Gasteiger partial charge is 0.168 e. The number of anilines is 1. The molecule has 3 N–H and O–H groups in total. The van der Waals surface area contributed by atoms with Crippen LogP contribution in [0.15, 0.2) is 12.7 Å². The Morgan fingerprint density at radius 3 is 2.71 bits per heavy atom. The van der Waals surface area contributed by atoms with Crippen molar-refractivity contribution >= 4 is 17.0 Å². The summed E-state index contributed by atoms with van der Waals surface area (Å²) in [4.78, 5) is 15.2. The van der Waals surface area contributed by atoms with E-state index in [0.717, 1.165) is 31.7 Å². The molecule has 0 amide bonds. The van der Waals surface area contributed by atoms with Crippen LogP contribution in [0.25, 0.3) is 11.2 Å². The van der Waals surface area contributed by atoms with E-state index >= 15 is 0 Å². The van der Waals surface area contributed by atoms with Gasteiger partial charge in [0.1, 0.15) is 24.1 Å². The minimum absolute atomic E-state index is 0.380. The van der Waals surface area contributed by atoms with Gasteiger partial charge in [-0.2, -0.15) is 0 Å². The van der Waals surface area contributed by atoms with E-state index < -0.39 is 24.0 Å². The van der Waals surface area contributed by atoms with Gasteiger partial charge in [-0.15, -0.1) is 0 Å². The van der Waals surface area contributed by atoms with Crippen LogP contribution < -0.4 is 4.90 Å². The molecular weight excluding hydrogens is 314 g/mol. The lowest BCUT2D eigenvalue weighted by molar-refractivity contribution is -0.0950. The van der Waals surface area contributed by atoms with Gasteiger partial charge in [0.15, 0.2) is 23.2 Å². The first-order chi connectivity index (χ1) is 11.5. The Balaban J connectivity index is 1.77. The molecule has 0 aromatic carbocycles. The van der Waals surface area contributed by atoms with Crippen LogP contribution >= 0.6 is 0 Å². The van der Waals surface area contributed by atoms with Crippen molar-refractivity contribution in [3.05, 3.63) is 12.7 Å². The molecule has 0 saturated carbocycles. The fourth-order valence-electron chi connectivity index (χ4n) is 3.56. The molecule has 0 aliphatic carbocycles. The molecule has 24 heavy (non-hydrogen) atoms. The summed E-state index contributed by atoms with van der Waals surface area (Å²) in [7, 11) is 0. The third kappa shape index (κ3) is 2.20. The van der Waals surface area contributed by atoms with Crippen molar-refractivity contribution in [2.75, 3.05) is 24.6 Å². The highest BCUT2D eigenvalue weighted by atomic mass is 16.6. The molecular formula is C15H21N5O4. The fraction of sp³-hybridized carbons (Fsp3) is 0.667. The number of rotatable bonds is 3. The molecule has 3 unspecified atom stereocenters. The van der Waals surface area contributed by atoms with Gasteiger partial charge < -0.3 is 25.0 Å². The topological polar surface area (TPSA) is 117 Å². The molecule has 2 fully saturated rings. The summed E-state index contributed by atoms with van der Waals surface area (Å²) in [5, 5.41) is 30.2. The van der Waals surface area contributed by atoms with Crippen LogP contribution in [0.5, 0.6) is 0 Å². The maximum absolute atomic E-state index is 10.6. The summed E-state index contributed by atoms with van der Waals surface area (Å²) in [6, 6.07) is 0. The molecule has 2 aliphatic heterocycles. The van der Waals surface area contributed by atoms with Gasteiger partial charge in [0.05, 0.1) is 12.9 Å². The maximum Gasteiger partial charge on any atom is 0.168 e. The fourth-order valence-corrected chi connectivity index (χ4v) is 3.56. The van der Waals surface area contributed by atoms with Crippen LogP contribution in [0, 0.1) is 0 Å².